The molecular weight excluding hydrogens is 362 g/mol. The SMILES string of the molecule is CN(C)c1ccc(C2C(C#N)=C(N)OC(c3c[nH]c4ccccc34)=C2C#N)cc1. The van der Waals surface area contributed by atoms with Crippen LogP contribution in [0, 0.1) is 22.7 Å². The van der Waals surface area contributed by atoms with Gasteiger partial charge < -0.3 is 20.4 Å². The average molecular weight is 381 g/mol. The summed E-state index contributed by atoms with van der Waals surface area (Å²) < 4.78 is 5.82. The highest BCUT2D eigenvalue weighted by atomic mass is 16.5. The Hall–Kier alpha value is -4.16. The second-order valence-corrected chi connectivity index (χ2v) is 7.01. The first-order valence-electron chi connectivity index (χ1n) is 9.10. The fourth-order valence-corrected chi connectivity index (χ4v) is 3.63. The lowest BCUT2D eigenvalue weighted by molar-refractivity contribution is 0.358. The molecule has 0 aliphatic carbocycles. The number of hydrogen-bond donors (Lipinski definition) is 2. The molecule has 142 valence electrons. The maximum Gasteiger partial charge on any atom is 0.205 e. The van der Waals surface area contributed by atoms with E-state index in [4.69, 9.17) is 10.5 Å². The molecular formula is C23H19N5O. The van der Waals surface area contributed by atoms with Crippen LogP contribution in [-0.2, 0) is 4.74 Å². The zero-order chi connectivity index (χ0) is 20.5. The average Bonchev–Trinajstić information content (AvgIpc) is 3.17. The van der Waals surface area contributed by atoms with Gasteiger partial charge >= 0.3 is 0 Å². The number of para-hydroxylation sites is 1. The molecule has 0 bridgehead atoms. The molecule has 4 rings (SSSR count). The number of allylic oxidation sites excluding steroid dienone is 2. The fourth-order valence-electron chi connectivity index (χ4n) is 3.63. The molecule has 0 saturated heterocycles. The molecule has 3 N–H and O–H groups in total. The number of fused-ring (bicyclic) bond motifs is 1. The van der Waals surface area contributed by atoms with Gasteiger partial charge in [-0.1, -0.05) is 30.3 Å². The lowest BCUT2D eigenvalue weighted by atomic mass is 9.82. The third-order valence-corrected chi connectivity index (χ3v) is 5.12. The van der Waals surface area contributed by atoms with E-state index in [1.54, 1.807) is 6.20 Å². The molecule has 3 aromatic rings. The van der Waals surface area contributed by atoms with Crippen LogP contribution in [0.3, 0.4) is 0 Å². The number of H-pyrrole nitrogens is 1. The second kappa shape index (κ2) is 7.10. The summed E-state index contributed by atoms with van der Waals surface area (Å²) in [4.78, 5) is 5.18. The van der Waals surface area contributed by atoms with Crippen LogP contribution in [0.1, 0.15) is 17.0 Å². The Labute approximate surface area is 168 Å². The van der Waals surface area contributed by atoms with Crippen molar-refractivity contribution >= 4 is 22.3 Å². The number of aromatic amines is 1. The van der Waals surface area contributed by atoms with Crippen molar-refractivity contribution in [2.24, 2.45) is 5.73 Å². The molecule has 6 nitrogen and oxygen atoms in total. The van der Waals surface area contributed by atoms with Gasteiger partial charge in [0.1, 0.15) is 11.6 Å². The number of nitrogens with zero attached hydrogens (tertiary/aromatic N) is 3. The third-order valence-electron chi connectivity index (χ3n) is 5.12. The number of nitriles is 2. The van der Waals surface area contributed by atoms with Crippen LogP contribution in [-0.4, -0.2) is 19.1 Å². The number of hydrogen-bond acceptors (Lipinski definition) is 5. The molecule has 0 amide bonds. The highest BCUT2D eigenvalue weighted by molar-refractivity contribution is 5.93. The first-order chi connectivity index (χ1) is 14.0. The molecule has 0 saturated carbocycles. The number of ether oxygens (including phenoxy) is 1. The Morgan fingerprint density at radius 2 is 1.69 bits per heavy atom. The molecule has 1 aliphatic heterocycles. The van der Waals surface area contributed by atoms with E-state index in [0.29, 0.717) is 11.3 Å². The number of aromatic nitrogens is 1. The molecule has 0 fully saturated rings. The van der Waals surface area contributed by atoms with Gasteiger partial charge in [0.05, 0.1) is 17.6 Å². The van der Waals surface area contributed by atoms with E-state index in [9.17, 15) is 10.5 Å². The summed E-state index contributed by atoms with van der Waals surface area (Å²) in [6.45, 7) is 0. The first kappa shape index (κ1) is 18.2. The van der Waals surface area contributed by atoms with Crippen LogP contribution in [0.5, 0.6) is 0 Å². The van der Waals surface area contributed by atoms with Crippen molar-refractivity contribution in [1.29, 1.82) is 10.5 Å². The summed E-state index contributed by atoms with van der Waals surface area (Å²) in [5.41, 5.74) is 10.2. The zero-order valence-corrected chi connectivity index (χ0v) is 16.1. The third kappa shape index (κ3) is 2.97. The van der Waals surface area contributed by atoms with Gasteiger partial charge in [0.25, 0.3) is 0 Å². The minimum absolute atomic E-state index is 0.0217. The largest absolute Gasteiger partial charge is 0.439 e. The summed E-state index contributed by atoms with van der Waals surface area (Å²) in [7, 11) is 3.91. The molecule has 2 aromatic carbocycles. The molecule has 1 unspecified atom stereocenters. The molecule has 1 aliphatic rings. The van der Waals surface area contributed by atoms with Crippen LogP contribution < -0.4 is 10.6 Å². The maximum absolute atomic E-state index is 10.0. The highest BCUT2D eigenvalue weighted by Gasteiger charge is 2.34. The predicted octanol–water partition coefficient (Wildman–Crippen LogP) is 3.98. The monoisotopic (exact) mass is 381 g/mol. The zero-order valence-electron chi connectivity index (χ0n) is 16.1. The van der Waals surface area contributed by atoms with Gasteiger partial charge in [-0.15, -0.1) is 0 Å². The molecule has 1 aromatic heterocycles. The van der Waals surface area contributed by atoms with Crippen molar-refractivity contribution in [3.63, 3.8) is 0 Å². The number of anilines is 1. The first-order valence-corrected chi connectivity index (χ1v) is 9.10. The number of nitrogens with one attached hydrogen (secondary N) is 1. The van der Waals surface area contributed by atoms with E-state index in [1.807, 2.05) is 67.5 Å². The topological polar surface area (TPSA) is 102 Å². The van der Waals surface area contributed by atoms with Crippen molar-refractivity contribution in [3.8, 4) is 12.1 Å². The van der Waals surface area contributed by atoms with Crippen LogP contribution in [0.25, 0.3) is 16.7 Å². The maximum atomic E-state index is 10.0. The summed E-state index contributed by atoms with van der Waals surface area (Å²) in [6.07, 6.45) is 1.80. The van der Waals surface area contributed by atoms with Gasteiger partial charge in [0, 0.05) is 42.4 Å². The number of benzene rings is 2. The summed E-state index contributed by atoms with van der Waals surface area (Å²) in [6, 6.07) is 19.9. The Bertz CT molecular complexity index is 1230. The van der Waals surface area contributed by atoms with E-state index < -0.39 is 5.92 Å². The number of rotatable bonds is 3. The quantitative estimate of drug-likeness (QED) is 0.714. The molecule has 2 heterocycles. The van der Waals surface area contributed by atoms with Gasteiger partial charge in [-0.25, -0.2) is 0 Å². The van der Waals surface area contributed by atoms with E-state index in [2.05, 4.69) is 17.1 Å². The van der Waals surface area contributed by atoms with Gasteiger partial charge in [0.15, 0.2) is 5.76 Å². The van der Waals surface area contributed by atoms with Crippen LogP contribution in [0.15, 0.2) is 71.8 Å². The number of nitrogens with two attached hydrogens (primary N) is 1. The summed E-state index contributed by atoms with van der Waals surface area (Å²) >= 11 is 0. The van der Waals surface area contributed by atoms with Crippen molar-refractivity contribution in [3.05, 3.63) is 82.9 Å². The second-order valence-electron chi connectivity index (χ2n) is 7.01. The van der Waals surface area contributed by atoms with Gasteiger partial charge in [-0.05, 0) is 23.8 Å². The smallest absolute Gasteiger partial charge is 0.205 e. The molecule has 0 spiro atoms. The van der Waals surface area contributed by atoms with Crippen molar-refractivity contribution in [2.75, 3.05) is 19.0 Å². The lowest BCUT2D eigenvalue weighted by Gasteiger charge is -2.26. The van der Waals surface area contributed by atoms with Gasteiger partial charge in [0.2, 0.25) is 5.88 Å². The van der Waals surface area contributed by atoms with Crippen molar-refractivity contribution in [2.45, 2.75) is 5.92 Å². The van der Waals surface area contributed by atoms with Crippen molar-refractivity contribution in [1.82, 2.24) is 4.98 Å². The van der Waals surface area contributed by atoms with E-state index in [1.165, 1.54) is 0 Å². The standard InChI is InChI=1S/C23H19N5O/c1-28(2)15-9-7-14(8-10-15)21-17(11-24)22(29-23(26)18(21)12-25)19-13-27-20-6-4-3-5-16(19)20/h3-10,13,21,27H,26H2,1-2H3. The molecule has 6 heteroatoms. The molecule has 29 heavy (non-hydrogen) atoms. The molecule has 0 radical (unpaired) electrons. The Morgan fingerprint density at radius 3 is 2.34 bits per heavy atom. The van der Waals surface area contributed by atoms with Crippen LogP contribution in [0.4, 0.5) is 5.69 Å². The molecule has 1 atom stereocenters. The van der Waals surface area contributed by atoms with E-state index in [-0.39, 0.29) is 11.5 Å². The Kier molecular flexibility index (Phi) is 4.46. The Balaban J connectivity index is 1.92. The normalized spacial score (nSPS) is 16.3. The predicted molar refractivity (Wildman–Crippen MR) is 112 cm³/mol. The van der Waals surface area contributed by atoms with Crippen LogP contribution in [0.2, 0.25) is 0 Å². The summed E-state index contributed by atoms with van der Waals surface area (Å²) in [5, 5.41) is 20.7. The fraction of sp³-hybridized carbons (Fsp3) is 0.130. The highest BCUT2D eigenvalue weighted by Crippen LogP contribution is 2.43. The minimum Gasteiger partial charge on any atom is -0.439 e. The minimum atomic E-state index is -0.585. The van der Waals surface area contributed by atoms with Gasteiger partial charge in [-0.3, -0.25) is 0 Å². The lowest BCUT2D eigenvalue weighted by Crippen LogP contribution is -2.20. The summed E-state index contributed by atoms with van der Waals surface area (Å²) in [5.74, 6) is -0.185. The Morgan fingerprint density at radius 1 is 1.00 bits per heavy atom. The van der Waals surface area contributed by atoms with Crippen molar-refractivity contribution < 1.29 is 4.74 Å². The van der Waals surface area contributed by atoms with Gasteiger partial charge in [-0.2, -0.15) is 10.5 Å². The van der Waals surface area contributed by atoms with E-state index >= 15 is 0 Å². The van der Waals surface area contributed by atoms with Crippen LogP contribution >= 0.6 is 0 Å². The van der Waals surface area contributed by atoms with E-state index in [0.717, 1.165) is 27.7 Å².